The predicted octanol–water partition coefficient (Wildman–Crippen LogP) is 2.88. The lowest BCUT2D eigenvalue weighted by atomic mass is 10.5. The van der Waals surface area contributed by atoms with Crippen LogP contribution in [0.15, 0.2) is 20.3 Å². The molecule has 90 valence electrons. The first-order chi connectivity index (χ1) is 8.15. The highest BCUT2D eigenvalue weighted by Crippen LogP contribution is 2.30. The van der Waals surface area contributed by atoms with Crippen LogP contribution < -0.4 is 0 Å². The van der Waals surface area contributed by atoms with Gasteiger partial charge in [-0.1, -0.05) is 0 Å². The molecule has 0 unspecified atom stereocenters. The summed E-state index contributed by atoms with van der Waals surface area (Å²) in [5, 5.41) is 16.3. The summed E-state index contributed by atoms with van der Waals surface area (Å²) in [4.78, 5) is 11.2. The van der Waals surface area contributed by atoms with E-state index in [2.05, 4.69) is 26.1 Å². The Balaban J connectivity index is 1.98. The van der Waals surface area contributed by atoms with Crippen molar-refractivity contribution in [2.75, 3.05) is 5.75 Å². The molecule has 8 heteroatoms. The van der Waals surface area contributed by atoms with E-state index in [0.717, 1.165) is 8.66 Å². The zero-order chi connectivity index (χ0) is 12.3. The molecule has 0 saturated heterocycles. The van der Waals surface area contributed by atoms with E-state index in [1.165, 1.54) is 23.1 Å². The van der Waals surface area contributed by atoms with Gasteiger partial charge in [-0.05, 0) is 28.1 Å². The molecule has 0 spiro atoms. The lowest BCUT2D eigenvalue weighted by molar-refractivity contribution is -0.133. The maximum Gasteiger partial charge on any atom is 0.313 e. The highest BCUT2D eigenvalue weighted by atomic mass is 79.9. The van der Waals surface area contributed by atoms with Gasteiger partial charge >= 0.3 is 5.97 Å². The molecule has 2 heterocycles. The number of nitrogens with zero attached hydrogens (tertiary/aromatic N) is 2. The Hall–Kier alpha value is -0.860. The second-order valence-corrected chi connectivity index (χ2v) is 6.44. The number of aliphatic carboxylic acids is 1. The molecule has 0 aromatic carbocycles. The van der Waals surface area contributed by atoms with Gasteiger partial charge in [0, 0.05) is 0 Å². The third-order valence-electron chi connectivity index (χ3n) is 1.70. The number of hydrogen-bond acceptors (Lipinski definition) is 6. The van der Waals surface area contributed by atoms with Crippen molar-refractivity contribution < 1.29 is 14.3 Å². The highest BCUT2D eigenvalue weighted by Gasteiger charge is 2.11. The quantitative estimate of drug-likeness (QED) is 0.905. The summed E-state index contributed by atoms with van der Waals surface area (Å²) >= 11 is 6.08. The zero-order valence-corrected chi connectivity index (χ0v) is 11.6. The molecule has 2 rings (SSSR count). The average molecular weight is 335 g/mol. The number of thiophene rings is 1. The lowest BCUT2D eigenvalue weighted by Gasteiger charge is -1.91. The Morgan fingerprint density at radius 2 is 2.35 bits per heavy atom. The molecule has 0 atom stereocenters. The Morgan fingerprint density at radius 1 is 1.53 bits per heavy atom. The fourth-order valence-corrected chi connectivity index (χ4v) is 2.94. The molecule has 1 N–H and O–H groups in total. The van der Waals surface area contributed by atoms with Crippen molar-refractivity contribution in [1.82, 2.24) is 10.2 Å². The van der Waals surface area contributed by atoms with Gasteiger partial charge < -0.3 is 9.52 Å². The standard InChI is InChI=1S/C9H7BrN2O3S2/c10-6-2-1-5(17-6)9-12-11-7(15-9)3-16-4-8(13)14/h1-2H,3-4H2,(H,13,14). The monoisotopic (exact) mass is 334 g/mol. The largest absolute Gasteiger partial charge is 0.481 e. The van der Waals surface area contributed by atoms with Gasteiger partial charge in [0.1, 0.15) is 0 Å². The van der Waals surface area contributed by atoms with Crippen LogP contribution in [0.25, 0.3) is 10.8 Å². The highest BCUT2D eigenvalue weighted by molar-refractivity contribution is 9.11. The second-order valence-electron chi connectivity index (χ2n) is 2.99. The van der Waals surface area contributed by atoms with Crippen molar-refractivity contribution in [3.05, 3.63) is 21.8 Å². The fourth-order valence-electron chi connectivity index (χ4n) is 1.07. The minimum absolute atomic E-state index is 0.0300. The van der Waals surface area contributed by atoms with Crippen LogP contribution in [0.2, 0.25) is 0 Å². The topological polar surface area (TPSA) is 76.2 Å². The predicted molar refractivity (Wildman–Crippen MR) is 69.1 cm³/mol. The van der Waals surface area contributed by atoms with E-state index in [1.807, 2.05) is 12.1 Å². The number of aromatic nitrogens is 2. The lowest BCUT2D eigenvalue weighted by Crippen LogP contribution is -1.98. The normalized spacial score (nSPS) is 10.6. The van der Waals surface area contributed by atoms with E-state index in [9.17, 15) is 4.79 Å². The van der Waals surface area contributed by atoms with Crippen LogP contribution in [0, 0.1) is 0 Å². The second kappa shape index (κ2) is 5.65. The third-order valence-corrected chi connectivity index (χ3v) is 4.22. The molecule has 0 amide bonds. The van der Waals surface area contributed by atoms with Gasteiger partial charge in [-0.25, -0.2) is 0 Å². The zero-order valence-electron chi connectivity index (χ0n) is 8.42. The van der Waals surface area contributed by atoms with Gasteiger partial charge in [0.05, 0.1) is 20.2 Å². The first kappa shape index (κ1) is 12.6. The Bertz CT molecular complexity index is 526. The molecule has 2 aromatic heterocycles. The van der Waals surface area contributed by atoms with Gasteiger partial charge in [-0.2, -0.15) is 0 Å². The fraction of sp³-hybridized carbons (Fsp3) is 0.222. The minimum Gasteiger partial charge on any atom is -0.481 e. The van der Waals surface area contributed by atoms with Crippen LogP contribution in [0.5, 0.6) is 0 Å². The van der Waals surface area contributed by atoms with Crippen LogP contribution in [0.4, 0.5) is 0 Å². The van der Waals surface area contributed by atoms with Gasteiger partial charge in [-0.15, -0.1) is 33.3 Å². The molecule has 17 heavy (non-hydrogen) atoms. The molecule has 2 aromatic rings. The van der Waals surface area contributed by atoms with Crippen molar-refractivity contribution in [3.8, 4) is 10.8 Å². The van der Waals surface area contributed by atoms with Crippen molar-refractivity contribution in [2.45, 2.75) is 5.75 Å². The van der Waals surface area contributed by atoms with Gasteiger partial charge in [0.2, 0.25) is 5.89 Å². The van der Waals surface area contributed by atoms with Crippen molar-refractivity contribution in [2.24, 2.45) is 0 Å². The molecule has 0 aliphatic rings. The van der Waals surface area contributed by atoms with Gasteiger partial charge in [0.15, 0.2) is 0 Å². The maximum absolute atomic E-state index is 10.3. The molecule has 0 fully saturated rings. The number of carboxylic acids is 1. The van der Waals surface area contributed by atoms with E-state index >= 15 is 0 Å². The van der Waals surface area contributed by atoms with Crippen LogP contribution in [0.3, 0.4) is 0 Å². The Kier molecular flexibility index (Phi) is 4.19. The molecule has 0 saturated carbocycles. The Labute approximate surface area is 113 Å². The van der Waals surface area contributed by atoms with Crippen LogP contribution in [0.1, 0.15) is 5.89 Å². The number of carboxylic acid groups (broad SMARTS) is 1. The van der Waals surface area contributed by atoms with Crippen molar-refractivity contribution in [1.29, 1.82) is 0 Å². The first-order valence-electron chi connectivity index (χ1n) is 4.53. The first-order valence-corrected chi connectivity index (χ1v) is 7.29. The SMILES string of the molecule is O=C(O)CSCc1nnc(-c2ccc(Br)s2)o1. The average Bonchev–Trinajstić information content (AvgIpc) is 2.86. The van der Waals surface area contributed by atoms with Gasteiger partial charge in [0.25, 0.3) is 5.89 Å². The smallest absolute Gasteiger partial charge is 0.313 e. The summed E-state index contributed by atoms with van der Waals surface area (Å²) in [5.74, 6) is 0.494. The van der Waals surface area contributed by atoms with Crippen LogP contribution in [-0.4, -0.2) is 27.0 Å². The van der Waals surface area contributed by atoms with E-state index < -0.39 is 5.97 Å². The molecule has 0 bridgehead atoms. The van der Waals surface area contributed by atoms with Crippen LogP contribution in [-0.2, 0) is 10.5 Å². The third kappa shape index (κ3) is 3.55. The van der Waals surface area contributed by atoms with Gasteiger partial charge in [-0.3, -0.25) is 4.79 Å². The molecule has 0 radical (unpaired) electrons. The summed E-state index contributed by atoms with van der Waals surface area (Å²) < 4.78 is 6.41. The van der Waals surface area contributed by atoms with E-state index in [1.54, 1.807) is 0 Å². The molecule has 0 aliphatic heterocycles. The summed E-state index contributed by atoms with van der Waals surface area (Å²) in [6.45, 7) is 0. The summed E-state index contributed by atoms with van der Waals surface area (Å²) in [5.41, 5.74) is 0. The number of halogens is 1. The van der Waals surface area contributed by atoms with E-state index in [0.29, 0.717) is 17.5 Å². The number of thioether (sulfide) groups is 1. The van der Waals surface area contributed by atoms with E-state index in [-0.39, 0.29) is 5.75 Å². The molecular formula is C9H7BrN2O3S2. The van der Waals surface area contributed by atoms with Crippen molar-refractivity contribution in [3.63, 3.8) is 0 Å². The molecular weight excluding hydrogens is 328 g/mol. The van der Waals surface area contributed by atoms with E-state index in [4.69, 9.17) is 9.52 Å². The molecule has 5 nitrogen and oxygen atoms in total. The van der Waals surface area contributed by atoms with Crippen LogP contribution >= 0.6 is 39.0 Å². The summed E-state index contributed by atoms with van der Waals surface area (Å²) in [6.07, 6.45) is 0. The molecule has 0 aliphatic carbocycles. The Morgan fingerprint density at radius 3 is 3.00 bits per heavy atom. The summed E-state index contributed by atoms with van der Waals surface area (Å²) in [6, 6.07) is 3.79. The summed E-state index contributed by atoms with van der Waals surface area (Å²) in [7, 11) is 0. The number of carbonyl (C=O) groups is 1. The van der Waals surface area contributed by atoms with Crippen molar-refractivity contribution >= 4 is 45.0 Å². The maximum atomic E-state index is 10.3. The number of rotatable bonds is 5. The minimum atomic E-state index is -0.850. The number of hydrogen-bond donors (Lipinski definition) is 1.